The highest BCUT2D eigenvalue weighted by Gasteiger charge is 2.19. The first-order valence-electron chi connectivity index (χ1n) is 11.6. The number of amides is 1. The molecule has 2 aromatic carbocycles. The quantitative estimate of drug-likeness (QED) is 0.344. The Morgan fingerprint density at radius 1 is 1.03 bits per heavy atom. The molecule has 0 aliphatic heterocycles. The molecule has 36 heavy (non-hydrogen) atoms. The minimum absolute atomic E-state index is 0.195. The van der Waals surface area contributed by atoms with Crippen LogP contribution in [0.3, 0.4) is 0 Å². The number of aryl methyl sites for hydroxylation is 2. The third-order valence-corrected chi connectivity index (χ3v) is 6.93. The second kappa shape index (κ2) is 9.79. The molecule has 0 saturated heterocycles. The van der Waals surface area contributed by atoms with E-state index in [1.54, 1.807) is 47.3 Å². The molecule has 1 amide bonds. The van der Waals surface area contributed by atoms with E-state index in [9.17, 15) is 9.59 Å². The number of aromatic nitrogens is 4. The van der Waals surface area contributed by atoms with E-state index in [-0.39, 0.29) is 11.3 Å². The third-order valence-electron chi connectivity index (χ3n) is 6.13. The molecule has 0 bridgehead atoms. The SMILES string of the molecule is Cc1cc(-c2csc(NCCc3ccccc3)n2)c(C)n1NC(=O)c1nn(C)c(=O)c2ccccc12. The molecule has 2 N–H and O–H groups in total. The number of nitrogens with one attached hydrogen (secondary N) is 2. The Balaban J connectivity index is 1.35. The van der Waals surface area contributed by atoms with E-state index in [1.807, 2.05) is 43.5 Å². The van der Waals surface area contributed by atoms with Crippen molar-refractivity contribution in [1.82, 2.24) is 19.4 Å². The Bertz CT molecular complexity index is 1620. The number of nitrogens with zero attached hydrogens (tertiary/aromatic N) is 4. The second-order valence-corrected chi connectivity index (χ2v) is 9.44. The average molecular weight is 499 g/mol. The van der Waals surface area contributed by atoms with E-state index in [4.69, 9.17) is 4.98 Å². The van der Waals surface area contributed by atoms with E-state index in [2.05, 4.69) is 28.0 Å². The minimum atomic E-state index is -0.392. The first-order chi connectivity index (χ1) is 17.4. The van der Waals surface area contributed by atoms with Crippen molar-refractivity contribution in [2.24, 2.45) is 7.05 Å². The Hall–Kier alpha value is -4.24. The number of carbonyl (C=O) groups excluding carboxylic acids is 1. The van der Waals surface area contributed by atoms with E-state index in [1.165, 1.54) is 10.2 Å². The van der Waals surface area contributed by atoms with Crippen LogP contribution in [0.4, 0.5) is 5.13 Å². The maximum Gasteiger partial charge on any atom is 0.291 e. The van der Waals surface area contributed by atoms with Crippen LogP contribution in [0.1, 0.15) is 27.4 Å². The Morgan fingerprint density at radius 3 is 2.53 bits per heavy atom. The summed E-state index contributed by atoms with van der Waals surface area (Å²) in [5.41, 5.74) is 7.68. The lowest BCUT2D eigenvalue weighted by Crippen LogP contribution is -2.29. The standard InChI is InChI=1S/C27H26N6O2S/c1-17-15-22(23-16-36-27(29-23)28-14-13-19-9-5-4-6-10-19)18(2)33(17)31-25(34)24-20-11-7-8-12-21(20)26(35)32(3)30-24/h4-12,15-16H,13-14H2,1-3H3,(H,28,29)(H,31,34). The van der Waals surface area contributed by atoms with Gasteiger partial charge < -0.3 is 5.32 Å². The van der Waals surface area contributed by atoms with Gasteiger partial charge in [-0.25, -0.2) is 9.67 Å². The van der Waals surface area contributed by atoms with Gasteiger partial charge in [0.25, 0.3) is 11.5 Å². The van der Waals surface area contributed by atoms with Crippen LogP contribution in [-0.2, 0) is 13.5 Å². The van der Waals surface area contributed by atoms with E-state index in [0.717, 1.165) is 40.7 Å². The molecular formula is C27H26N6O2S. The molecule has 0 atom stereocenters. The summed E-state index contributed by atoms with van der Waals surface area (Å²) in [6.45, 7) is 4.66. The van der Waals surface area contributed by atoms with Gasteiger partial charge >= 0.3 is 0 Å². The van der Waals surface area contributed by atoms with Crippen molar-refractivity contribution in [3.63, 3.8) is 0 Å². The first-order valence-corrected chi connectivity index (χ1v) is 12.5. The van der Waals surface area contributed by atoms with Crippen LogP contribution >= 0.6 is 11.3 Å². The number of benzene rings is 2. The Morgan fingerprint density at radius 2 is 1.75 bits per heavy atom. The van der Waals surface area contributed by atoms with Gasteiger partial charge in [0.05, 0.1) is 11.1 Å². The monoisotopic (exact) mass is 498 g/mol. The molecule has 182 valence electrons. The average Bonchev–Trinajstić information content (AvgIpc) is 3.46. The van der Waals surface area contributed by atoms with Gasteiger partial charge in [0.1, 0.15) is 0 Å². The molecule has 0 unspecified atom stereocenters. The Labute approximate surface area is 212 Å². The molecule has 5 aromatic rings. The molecule has 0 radical (unpaired) electrons. The number of thiazole rings is 1. The normalized spacial score (nSPS) is 11.1. The molecule has 0 spiro atoms. The molecule has 8 nitrogen and oxygen atoms in total. The van der Waals surface area contributed by atoms with Crippen molar-refractivity contribution >= 4 is 33.1 Å². The number of rotatable bonds is 7. The summed E-state index contributed by atoms with van der Waals surface area (Å²) in [6, 6.07) is 19.3. The number of hydrogen-bond acceptors (Lipinski definition) is 6. The van der Waals surface area contributed by atoms with Crippen LogP contribution in [0, 0.1) is 13.8 Å². The topological polar surface area (TPSA) is 93.8 Å². The summed E-state index contributed by atoms with van der Waals surface area (Å²) < 4.78 is 2.93. The molecule has 5 rings (SSSR count). The van der Waals surface area contributed by atoms with Crippen molar-refractivity contribution in [1.29, 1.82) is 0 Å². The highest BCUT2D eigenvalue weighted by Crippen LogP contribution is 2.29. The van der Waals surface area contributed by atoms with Crippen LogP contribution < -0.4 is 16.3 Å². The van der Waals surface area contributed by atoms with Crippen molar-refractivity contribution in [3.8, 4) is 11.3 Å². The maximum absolute atomic E-state index is 13.2. The van der Waals surface area contributed by atoms with Gasteiger partial charge in [0.15, 0.2) is 10.8 Å². The van der Waals surface area contributed by atoms with Gasteiger partial charge in [0.2, 0.25) is 0 Å². The predicted octanol–water partition coefficient (Wildman–Crippen LogP) is 4.51. The Kier molecular flexibility index (Phi) is 6.39. The first kappa shape index (κ1) is 23.5. The van der Waals surface area contributed by atoms with Crippen LogP contribution in [0.15, 0.2) is 70.8 Å². The third kappa shape index (κ3) is 4.52. The van der Waals surface area contributed by atoms with Gasteiger partial charge in [-0.3, -0.25) is 19.7 Å². The molecular weight excluding hydrogens is 472 g/mol. The zero-order valence-electron chi connectivity index (χ0n) is 20.3. The van der Waals surface area contributed by atoms with Gasteiger partial charge in [-0.15, -0.1) is 11.3 Å². The minimum Gasteiger partial charge on any atom is -0.361 e. The fourth-order valence-electron chi connectivity index (χ4n) is 4.25. The lowest BCUT2D eigenvalue weighted by molar-refractivity contribution is 0.100. The van der Waals surface area contributed by atoms with E-state index < -0.39 is 5.91 Å². The molecule has 3 heterocycles. The van der Waals surface area contributed by atoms with Crippen molar-refractivity contribution in [2.75, 3.05) is 17.3 Å². The molecule has 0 fully saturated rings. The summed E-state index contributed by atoms with van der Waals surface area (Å²) in [5.74, 6) is -0.392. The van der Waals surface area contributed by atoms with Crippen molar-refractivity contribution < 1.29 is 4.79 Å². The molecule has 3 aromatic heterocycles. The second-order valence-electron chi connectivity index (χ2n) is 8.58. The van der Waals surface area contributed by atoms with Gasteiger partial charge in [-0.2, -0.15) is 5.10 Å². The fraction of sp³-hybridized carbons (Fsp3) is 0.185. The summed E-state index contributed by atoms with van der Waals surface area (Å²) in [5, 5.41) is 11.5. The molecule has 9 heteroatoms. The fourth-order valence-corrected chi connectivity index (χ4v) is 4.99. The predicted molar refractivity (Wildman–Crippen MR) is 144 cm³/mol. The maximum atomic E-state index is 13.2. The summed E-state index contributed by atoms with van der Waals surface area (Å²) in [4.78, 5) is 30.4. The highest BCUT2D eigenvalue weighted by atomic mass is 32.1. The molecule has 0 saturated carbocycles. The van der Waals surface area contributed by atoms with E-state index in [0.29, 0.717) is 10.8 Å². The lowest BCUT2D eigenvalue weighted by atomic mass is 10.1. The van der Waals surface area contributed by atoms with Crippen LogP contribution in [0.2, 0.25) is 0 Å². The molecule has 0 aliphatic carbocycles. The van der Waals surface area contributed by atoms with Crippen LogP contribution in [-0.4, -0.2) is 31.9 Å². The zero-order valence-corrected chi connectivity index (χ0v) is 21.1. The number of hydrogen-bond donors (Lipinski definition) is 2. The number of fused-ring (bicyclic) bond motifs is 1. The van der Waals surface area contributed by atoms with Gasteiger partial charge in [-0.1, -0.05) is 48.5 Å². The lowest BCUT2D eigenvalue weighted by Gasteiger charge is -2.13. The summed E-state index contributed by atoms with van der Waals surface area (Å²) in [6.07, 6.45) is 0.921. The summed E-state index contributed by atoms with van der Waals surface area (Å²) in [7, 11) is 1.55. The molecule has 0 aliphatic rings. The smallest absolute Gasteiger partial charge is 0.291 e. The zero-order chi connectivity index (χ0) is 25.2. The van der Waals surface area contributed by atoms with Gasteiger partial charge in [0, 0.05) is 41.3 Å². The number of anilines is 1. The van der Waals surface area contributed by atoms with Gasteiger partial charge in [-0.05, 0) is 38.0 Å². The largest absolute Gasteiger partial charge is 0.361 e. The highest BCUT2D eigenvalue weighted by molar-refractivity contribution is 7.14. The van der Waals surface area contributed by atoms with E-state index >= 15 is 0 Å². The van der Waals surface area contributed by atoms with Crippen molar-refractivity contribution in [3.05, 3.63) is 99.0 Å². The summed E-state index contributed by atoms with van der Waals surface area (Å²) >= 11 is 1.56. The van der Waals surface area contributed by atoms with Crippen molar-refractivity contribution in [2.45, 2.75) is 20.3 Å². The van der Waals surface area contributed by atoms with Crippen LogP contribution in [0.5, 0.6) is 0 Å². The number of carbonyl (C=O) groups is 1. The van der Waals surface area contributed by atoms with Crippen LogP contribution in [0.25, 0.3) is 22.0 Å².